The maximum absolute atomic E-state index is 12.4. The lowest BCUT2D eigenvalue weighted by molar-refractivity contribution is -0.131. The number of piperazine rings is 1. The molecule has 0 aromatic carbocycles. The van der Waals surface area contributed by atoms with Gasteiger partial charge in [-0.25, -0.2) is 4.98 Å². The number of carbonyl (C=O) groups excluding carboxylic acids is 1. The van der Waals surface area contributed by atoms with Crippen LogP contribution in [0.4, 0.5) is 5.82 Å². The second-order valence-corrected chi connectivity index (χ2v) is 7.37. The molecule has 2 aliphatic heterocycles. The van der Waals surface area contributed by atoms with Crippen molar-refractivity contribution in [3.63, 3.8) is 0 Å². The Hall–Kier alpha value is -1.23. The second kappa shape index (κ2) is 10.8. The molecule has 1 aromatic rings. The number of aromatic nitrogens is 1. The predicted molar refractivity (Wildman–Crippen MR) is 118 cm³/mol. The summed E-state index contributed by atoms with van der Waals surface area (Å²) in [6, 6.07) is 5.91. The van der Waals surface area contributed by atoms with Crippen LogP contribution in [-0.4, -0.2) is 84.0 Å². The van der Waals surface area contributed by atoms with Crippen LogP contribution in [-0.2, 0) is 4.79 Å². The van der Waals surface area contributed by atoms with E-state index in [1.54, 1.807) is 6.20 Å². The van der Waals surface area contributed by atoms with Gasteiger partial charge in [0.15, 0.2) is 5.96 Å². The Bertz CT molecular complexity index is 588. The monoisotopic (exact) mass is 490 g/mol. The van der Waals surface area contributed by atoms with Crippen molar-refractivity contribution >= 4 is 53.4 Å². The summed E-state index contributed by atoms with van der Waals surface area (Å²) in [5.41, 5.74) is 6.02. The van der Waals surface area contributed by atoms with Crippen LogP contribution in [0.25, 0.3) is 0 Å². The van der Waals surface area contributed by atoms with E-state index >= 15 is 0 Å². The zero-order chi connectivity index (χ0) is 17.5. The molecule has 0 atom stereocenters. The van der Waals surface area contributed by atoms with Crippen molar-refractivity contribution in [1.29, 1.82) is 0 Å². The summed E-state index contributed by atoms with van der Waals surface area (Å²) in [6.07, 6.45) is 2.23. The molecule has 2 fully saturated rings. The Morgan fingerprint density at radius 3 is 2.50 bits per heavy atom. The Kier molecular flexibility index (Phi) is 8.76. The van der Waals surface area contributed by atoms with Gasteiger partial charge < -0.3 is 20.4 Å². The molecule has 3 rings (SSSR count). The van der Waals surface area contributed by atoms with Crippen molar-refractivity contribution in [2.45, 2.75) is 6.42 Å². The molecule has 1 aromatic heterocycles. The topological polar surface area (TPSA) is 78.1 Å². The Morgan fingerprint density at radius 1 is 1.12 bits per heavy atom. The smallest absolute Gasteiger partial charge is 0.224 e. The molecule has 0 bridgehead atoms. The lowest BCUT2D eigenvalue weighted by Crippen LogP contribution is -2.49. The van der Waals surface area contributed by atoms with Crippen LogP contribution < -0.4 is 10.6 Å². The molecule has 144 valence electrons. The van der Waals surface area contributed by atoms with E-state index in [1.165, 1.54) is 0 Å². The van der Waals surface area contributed by atoms with Crippen LogP contribution in [0.3, 0.4) is 0 Å². The van der Waals surface area contributed by atoms with E-state index in [-0.39, 0.29) is 29.9 Å². The number of anilines is 1. The minimum Gasteiger partial charge on any atom is -0.370 e. The number of nitrogens with two attached hydrogens (primary N) is 1. The number of halogens is 1. The number of rotatable bonds is 4. The number of pyridine rings is 1. The maximum Gasteiger partial charge on any atom is 0.224 e. The molecule has 26 heavy (non-hydrogen) atoms. The fourth-order valence-electron chi connectivity index (χ4n) is 3.04. The molecule has 0 saturated carbocycles. The molecule has 0 unspecified atom stereocenters. The van der Waals surface area contributed by atoms with Crippen molar-refractivity contribution in [2.24, 2.45) is 10.7 Å². The van der Waals surface area contributed by atoms with Gasteiger partial charge in [-0.1, -0.05) is 6.07 Å². The minimum absolute atomic E-state index is 0. The molecule has 0 spiro atoms. The molecule has 2 aliphatic rings. The largest absolute Gasteiger partial charge is 0.370 e. The lowest BCUT2D eigenvalue weighted by atomic mass is 10.2. The molecule has 0 aliphatic carbocycles. The first-order chi connectivity index (χ1) is 12.2. The summed E-state index contributed by atoms with van der Waals surface area (Å²) in [5.74, 6) is 3.90. The number of thioether (sulfide) groups is 1. The number of aliphatic imine (C=N–C) groups is 1. The van der Waals surface area contributed by atoms with Gasteiger partial charge in [-0.2, -0.15) is 11.8 Å². The van der Waals surface area contributed by atoms with E-state index in [1.807, 2.05) is 34.9 Å². The third-order valence-electron chi connectivity index (χ3n) is 4.54. The number of carbonyl (C=O) groups is 1. The third kappa shape index (κ3) is 5.90. The Balaban J connectivity index is 0.00000243. The predicted octanol–water partition coefficient (Wildman–Crippen LogP) is 1.10. The Morgan fingerprint density at radius 2 is 1.85 bits per heavy atom. The van der Waals surface area contributed by atoms with Crippen LogP contribution in [0.1, 0.15) is 6.42 Å². The number of guanidine groups is 1. The zero-order valence-corrected chi connectivity index (χ0v) is 18.1. The summed E-state index contributed by atoms with van der Waals surface area (Å²) >= 11 is 1.94. The van der Waals surface area contributed by atoms with Gasteiger partial charge in [0.2, 0.25) is 5.91 Å². The zero-order valence-electron chi connectivity index (χ0n) is 14.9. The fraction of sp³-hybridized carbons (Fsp3) is 0.588. The van der Waals surface area contributed by atoms with E-state index in [0.717, 1.165) is 56.6 Å². The SMILES string of the molecule is I.NC(=NCCC(=O)N1CCN(c2ccccn2)CC1)N1CCSCC1. The van der Waals surface area contributed by atoms with Crippen LogP contribution >= 0.6 is 35.7 Å². The highest BCUT2D eigenvalue weighted by Crippen LogP contribution is 2.13. The molecule has 2 saturated heterocycles. The van der Waals surface area contributed by atoms with Crippen molar-refractivity contribution in [2.75, 3.05) is 62.2 Å². The van der Waals surface area contributed by atoms with Gasteiger partial charge in [-0.05, 0) is 12.1 Å². The molecule has 0 radical (unpaired) electrons. The fourth-order valence-corrected chi connectivity index (χ4v) is 3.95. The molecular weight excluding hydrogens is 463 g/mol. The van der Waals surface area contributed by atoms with Crippen LogP contribution in [0.2, 0.25) is 0 Å². The standard InChI is InChI=1S/C17H26N6OS.HI/c18-17(23-11-13-25-14-12-23)20-6-4-16(24)22-9-7-21(8-10-22)15-3-1-2-5-19-15;/h1-3,5H,4,6-14H2,(H2,18,20);1H. The van der Waals surface area contributed by atoms with Gasteiger partial charge in [0.1, 0.15) is 5.82 Å². The van der Waals surface area contributed by atoms with Crippen molar-refractivity contribution in [1.82, 2.24) is 14.8 Å². The number of nitrogens with zero attached hydrogens (tertiary/aromatic N) is 5. The summed E-state index contributed by atoms with van der Waals surface area (Å²) < 4.78 is 0. The summed E-state index contributed by atoms with van der Waals surface area (Å²) in [4.78, 5) is 27.4. The highest BCUT2D eigenvalue weighted by molar-refractivity contribution is 14.0. The summed E-state index contributed by atoms with van der Waals surface area (Å²) in [5, 5.41) is 0. The van der Waals surface area contributed by atoms with E-state index < -0.39 is 0 Å². The van der Waals surface area contributed by atoms with E-state index in [4.69, 9.17) is 5.73 Å². The average molecular weight is 490 g/mol. The van der Waals surface area contributed by atoms with E-state index in [0.29, 0.717) is 18.9 Å². The van der Waals surface area contributed by atoms with Crippen LogP contribution in [0, 0.1) is 0 Å². The molecule has 9 heteroatoms. The molecule has 2 N–H and O–H groups in total. The van der Waals surface area contributed by atoms with Crippen LogP contribution in [0.5, 0.6) is 0 Å². The van der Waals surface area contributed by atoms with Gasteiger partial charge in [0, 0.05) is 63.4 Å². The average Bonchev–Trinajstić information content (AvgIpc) is 2.69. The quantitative estimate of drug-likeness (QED) is 0.387. The van der Waals surface area contributed by atoms with Gasteiger partial charge in [0.05, 0.1) is 6.54 Å². The van der Waals surface area contributed by atoms with E-state index in [9.17, 15) is 4.79 Å². The number of hydrogen-bond donors (Lipinski definition) is 1. The second-order valence-electron chi connectivity index (χ2n) is 6.15. The molecule has 1 amide bonds. The van der Waals surface area contributed by atoms with Gasteiger partial charge in [-0.3, -0.25) is 9.79 Å². The number of hydrogen-bond acceptors (Lipinski definition) is 5. The molecule has 7 nitrogen and oxygen atoms in total. The van der Waals surface area contributed by atoms with Gasteiger partial charge in [-0.15, -0.1) is 24.0 Å². The maximum atomic E-state index is 12.4. The number of amides is 1. The molecule has 3 heterocycles. The Labute approximate surface area is 176 Å². The molecular formula is C17H27IN6OS. The third-order valence-corrected chi connectivity index (χ3v) is 5.48. The highest BCUT2D eigenvalue weighted by Gasteiger charge is 2.21. The summed E-state index contributed by atoms with van der Waals surface area (Å²) in [7, 11) is 0. The van der Waals surface area contributed by atoms with Crippen LogP contribution in [0.15, 0.2) is 29.4 Å². The van der Waals surface area contributed by atoms with E-state index in [2.05, 4.69) is 19.8 Å². The van der Waals surface area contributed by atoms with Gasteiger partial charge in [0.25, 0.3) is 0 Å². The minimum atomic E-state index is 0. The van der Waals surface area contributed by atoms with Crippen molar-refractivity contribution < 1.29 is 4.79 Å². The van der Waals surface area contributed by atoms with Crippen molar-refractivity contribution in [3.8, 4) is 0 Å². The van der Waals surface area contributed by atoms with Crippen molar-refractivity contribution in [3.05, 3.63) is 24.4 Å². The summed E-state index contributed by atoms with van der Waals surface area (Å²) in [6.45, 7) is 5.47. The first-order valence-corrected chi connectivity index (χ1v) is 9.96. The highest BCUT2D eigenvalue weighted by atomic mass is 127. The normalized spacial score (nSPS) is 18.5. The van der Waals surface area contributed by atoms with Gasteiger partial charge >= 0.3 is 0 Å². The first-order valence-electron chi connectivity index (χ1n) is 8.80. The first kappa shape index (κ1) is 21.1. The lowest BCUT2D eigenvalue weighted by Gasteiger charge is -2.35.